The van der Waals surface area contributed by atoms with Gasteiger partial charge in [-0.3, -0.25) is 0 Å². The van der Waals surface area contributed by atoms with Crippen LogP contribution in [0.25, 0.3) is 0 Å². The minimum atomic E-state index is -0.558. The summed E-state index contributed by atoms with van der Waals surface area (Å²) < 4.78 is 24.1. The SMILES string of the molecule is COC1S[C@H](COCc2ccccc2)[C@@H](OCc2ccccc2)[C@@H]1OC(=O)c1ccc(C)cc1. The van der Waals surface area contributed by atoms with Gasteiger partial charge in [0.1, 0.15) is 11.5 Å². The maximum atomic E-state index is 12.9. The minimum Gasteiger partial charge on any atom is -0.452 e. The Bertz CT molecular complexity index is 1030. The van der Waals surface area contributed by atoms with E-state index in [1.165, 1.54) is 0 Å². The zero-order valence-corrected chi connectivity index (χ0v) is 20.3. The van der Waals surface area contributed by atoms with E-state index in [2.05, 4.69) is 0 Å². The lowest BCUT2D eigenvalue weighted by Gasteiger charge is -2.25. The van der Waals surface area contributed by atoms with Crippen LogP contribution in [-0.4, -0.2) is 42.6 Å². The predicted octanol–water partition coefficient (Wildman–Crippen LogP) is 5.41. The maximum Gasteiger partial charge on any atom is 0.338 e. The first-order valence-corrected chi connectivity index (χ1v) is 12.3. The van der Waals surface area contributed by atoms with E-state index in [-0.39, 0.29) is 22.8 Å². The molecule has 0 aromatic heterocycles. The fraction of sp³-hybridized carbons (Fsp3) is 0.321. The van der Waals surface area contributed by atoms with Gasteiger partial charge in [0, 0.05) is 7.11 Å². The number of thioether (sulfide) groups is 1. The Labute approximate surface area is 205 Å². The van der Waals surface area contributed by atoms with E-state index in [1.54, 1.807) is 31.0 Å². The molecular weight excluding hydrogens is 448 g/mol. The molecule has 1 aliphatic rings. The highest BCUT2D eigenvalue weighted by Gasteiger charge is 2.48. The van der Waals surface area contributed by atoms with Crippen molar-refractivity contribution < 1.29 is 23.7 Å². The smallest absolute Gasteiger partial charge is 0.338 e. The number of carbonyl (C=O) groups is 1. The van der Waals surface area contributed by atoms with Gasteiger partial charge in [-0.15, -0.1) is 11.8 Å². The second-order valence-corrected chi connectivity index (χ2v) is 9.62. The second kappa shape index (κ2) is 12.2. The van der Waals surface area contributed by atoms with Gasteiger partial charge in [0.15, 0.2) is 6.10 Å². The van der Waals surface area contributed by atoms with Crippen molar-refractivity contribution in [1.29, 1.82) is 0 Å². The number of hydrogen-bond donors (Lipinski definition) is 0. The first-order valence-electron chi connectivity index (χ1n) is 11.4. The molecular formula is C28H30O5S. The fourth-order valence-electron chi connectivity index (χ4n) is 3.86. The summed E-state index contributed by atoms with van der Waals surface area (Å²) in [5, 5.41) is -0.0480. The number of esters is 1. The topological polar surface area (TPSA) is 54.0 Å². The number of aryl methyl sites for hydroxylation is 1. The Morgan fingerprint density at radius 1 is 0.824 bits per heavy atom. The lowest BCUT2D eigenvalue weighted by atomic mass is 10.1. The maximum absolute atomic E-state index is 12.9. The van der Waals surface area contributed by atoms with Crippen molar-refractivity contribution in [2.24, 2.45) is 0 Å². The van der Waals surface area contributed by atoms with Gasteiger partial charge in [-0.25, -0.2) is 4.79 Å². The summed E-state index contributed by atoms with van der Waals surface area (Å²) in [7, 11) is 1.63. The summed E-state index contributed by atoms with van der Waals surface area (Å²) >= 11 is 1.59. The van der Waals surface area contributed by atoms with Crippen LogP contribution >= 0.6 is 11.8 Å². The number of ether oxygens (including phenoxy) is 4. The molecule has 1 unspecified atom stereocenters. The van der Waals surface area contributed by atoms with Gasteiger partial charge < -0.3 is 18.9 Å². The summed E-state index contributed by atoms with van der Waals surface area (Å²) in [6.45, 7) is 3.36. The monoisotopic (exact) mass is 478 g/mol. The van der Waals surface area contributed by atoms with E-state index in [0.29, 0.717) is 25.4 Å². The third-order valence-corrected chi connectivity index (χ3v) is 7.19. The zero-order valence-electron chi connectivity index (χ0n) is 19.5. The van der Waals surface area contributed by atoms with E-state index in [9.17, 15) is 4.79 Å². The molecule has 1 aliphatic heterocycles. The molecule has 1 saturated heterocycles. The van der Waals surface area contributed by atoms with Crippen molar-refractivity contribution >= 4 is 17.7 Å². The number of methoxy groups -OCH3 is 1. The van der Waals surface area contributed by atoms with Crippen molar-refractivity contribution in [3.63, 3.8) is 0 Å². The van der Waals surface area contributed by atoms with Crippen molar-refractivity contribution in [1.82, 2.24) is 0 Å². The van der Waals surface area contributed by atoms with E-state index in [4.69, 9.17) is 18.9 Å². The summed E-state index contributed by atoms with van der Waals surface area (Å²) in [6.07, 6.45) is -0.932. The Hall–Kier alpha value is -2.64. The molecule has 3 aromatic rings. The van der Waals surface area contributed by atoms with Crippen LogP contribution in [0.3, 0.4) is 0 Å². The number of rotatable bonds is 10. The van der Waals surface area contributed by atoms with Gasteiger partial charge in [-0.05, 0) is 30.2 Å². The summed E-state index contributed by atoms with van der Waals surface area (Å²) in [5.41, 5.74) is 3.41. The molecule has 0 saturated carbocycles. The third-order valence-electron chi connectivity index (χ3n) is 5.71. The van der Waals surface area contributed by atoms with Crippen LogP contribution in [-0.2, 0) is 32.2 Å². The number of carbonyl (C=O) groups excluding carboxylic acids is 1. The van der Waals surface area contributed by atoms with Gasteiger partial charge in [0.2, 0.25) is 0 Å². The van der Waals surface area contributed by atoms with Crippen LogP contribution in [0.1, 0.15) is 27.0 Å². The van der Waals surface area contributed by atoms with E-state index in [0.717, 1.165) is 16.7 Å². The highest BCUT2D eigenvalue weighted by Crippen LogP contribution is 2.39. The van der Waals surface area contributed by atoms with Crippen molar-refractivity contribution in [3.8, 4) is 0 Å². The van der Waals surface area contributed by atoms with Crippen LogP contribution < -0.4 is 0 Å². The van der Waals surface area contributed by atoms with Crippen LogP contribution in [0.2, 0.25) is 0 Å². The molecule has 0 radical (unpaired) electrons. The Kier molecular flexibility index (Phi) is 8.77. The quantitative estimate of drug-likeness (QED) is 0.363. The largest absolute Gasteiger partial charge is 0.452 e. The molecule has 4 rings (SSSR count). The van der Waals surface area contributed by atoms with Crippen molar-refractivity contribution in [3.05, 3.63) is 107 Å². The minimum absolute atomic E-state index is 0.0480. The van der Waals surface area contributed by atoms with E-state index >= 15 is 0 Å². The van der Waals surface area contributed by atoms with Gasteiger partial charge >= 0.3 is 5.97 Å². The molecule has 0 spiro atoms. The van der Waals surface area contributed by atoms with E-state index in [1.807, 2.05) is 79.7 Å². The van der Waals surface area contributed by atoms with Gasteiger partial charge in [0.05, 0.1) is 30.6 Å². The Morgan fingerprint density at radius 2 is 1.44 bits per heavy atom. The molecule has 0 N–H and O–H groups in total. The second-order valence-electron chi connectivity index (χ2n) is 8.28. The van der Waals surface area contributed by atoms with Crippen LogP contribution in [0, 0.1) is 6.92 Å². The molecule has 1 heterocycles. The van der Waals surface area contributed by atoms with Crippen LogP contribution in [0.15, 0.2) is 84.9 Å². The summed E-state index contributed by atoms with van der Waals surface area (Å²) in [4.78, 5) is 12.9. The molecule has 6 heteroatoms. The first kappa shape index (κ1) is 24.5. The Balaban J connectivity index is 1.47. The molecule has 5 nitrogen and oxygen atoms in total. The lowest BCUT2D eigenvalue weighted by Crippen LogP contribution is -2.40. The highest BCUT2D eigenvalue weighted by molar-refractivity contribution is 8.00. The Morgan fingerprint density at radius 3 is 2.06 bits per heavy atom. The van der Waals surface area contributed by atoms with Gasteiger partial charge in [-0.1, -0.05) is 78.4 Å². The standard InChI is InChI=1S/C28H30O5S/c1-20-13-15-23(16-14-20)27(29)33-26-25(32-18-22-11-7-4-8-12-22)24(34-28(26)30-2)19-31-17-21-9-5-3-6-10-21/h3-16,24-26,28H,17-19H2,1-2H3/t24-,25-,26+,28?/m1/s1. The molecule has 34 heavy (non-hydrogen) atoms. The summed E-state index contributed by atoms with van der Waals surface area (Å²) in [5.74, 6) is -0.383. The normalized spacial score (nSPS) is 21.9. The molecule has 4 atom stereocenters. The molecule has 3 aromatic carbocycles. The summed E-state index contributed by atoms with van der Waals surface area (Å²) in [6, 6.07) is 27.4. The highest BCUT2D eigenvalue weighted by atomic mass is 32.2. The van der Waals surface area contributed by atoms with E-state index < -0.39 is 6.10 Å². The zero-order chi connectivity index (χ0) is 23.8. The fourth-order valence-corrected chi connectivity index (χ4v) is 5.24. The number of hydrogen-bond acceptors (Lipinski definition) is 6. The van der Waals surface area contributed by atoms with Crippen LogP contribution in [0.4, 0.5) is 0 Å². The molecule has 178 valence electrons. The lowest BCUT2D eigenvalue weighted by molar-refractivity contribution is -0.0862. The molecule has 1 fully saturated rings. The predicted molar refractivity (Wildman–Crippen MR) is 134 cm³/mol. The van der Waals surface area contributed by atoms with Gasteiger partial charge in [0.25, 0.3) is 0 Å². The molecule has 0 aliphatic carbocycles. The van der Waals surface area contributed by atoms with Gasteiger partial charge in [-0.2, -0.15) is 0 Å². The first-order chi connectivity index (χ1) is 16.6. The average molecular weight is 479 g/mol. The van der Waals surface area contributed by atoms with Crippen LogP contribution in [0.5, 0.6) is 0 Å². The molecule has 0 bridgehead atoms. The third kappa shape index (κ3) is 6.48. The molecule has 0 amide bonds. The van der Waals surface area contributed by atoms with Crippen molar-refractivity contribution in [2.75, 3.05) is 13.7 Å². The van der Waals surface area contributed by atoms with Crippen molar-refractivity contribution in [2.45, 2.75) is 43.0 Å². The average Bonchev–Trinajstić information content (AvgIpc) is 3.20. The number of benzene rings is 3.